The topological polar surface area (TPSA) is 49.8 Å². The molecule has 2 aromatic carbocycles. The van der Waals surface area contributed by atoms with Gasteiger partial charge in [0.25, 0.3) is 5.91 Å². The molecule has 0 fully saturated rings. The van der Waals surface area contributed by atoms with E-state index in [0.29, 0.717) is 36.4 Å². The molecule has 0 bridgehead atoms. The summed E-state index contributed by atoms with van der Waals surface area (Å²) in [7, 11) is 1.61. The average Bonchev–Trinajstić information content (AvgIpc) is 3.07. The van der Waals surface area contributed by atoms with Gasteiger partial charge in [0.05, 0.1) is 12.7 Å². The van der Waals surface area contributed by atoms with Crippen LogP contribution in [-0.4, -0.2) is 29.6 Å². The van der Waals surface area contributed by atoms with E-state index in [0.717, 1.165) is 24.8 Å². The minimum atomic E-state index is -0.100. The third-order valence-corrected chi connectivity index (χ3v) is 5.79. The number of benzene rings is 2. The Morgan fingerprint density at radius 2 is 1.90 bits per heavy atom. The molecule has 4 nitrogen and oxygen atoms in total. The van der Waals surface area contributed by atoms with E-state index in [1.54, 1.807) is 12.0 Å². The molecule has 0 saturated heterocycles. The Hall–Kier alpha value is -3.01. The van der Waals surface area contributed by atoms with E-state index in [4.69, 9.17) is 4.74 Å². The second-order valence-corrected chi connectivity index (χ2v) is 8.48. The number of carbonyl (C=O) groups excluding carboxylic acids is 1. The molecule has 1 aliphatic rings. The van der Waals surface area contributed by atoms with Gasteiger partial charge in [-0.25, -0.2) is 0 Å². The number of phenols is 1. The zero-order chi connectivity index (χ0) is 22.4. The van der Waals surface area contributed by atoms with Crippen LogP contribution in [0, 0.1) is 0 Å². The Morgan fingerprint density at radius 3 is 2.58 bits per heavy atom. The highest BCUT2D eigenvalue weighted by molar-refractivity contribution is 6.01. The van der Waals surface area contributed by atoms with Gasteiger partial charge in [-0.3, -0.25) is 4.79 Å². The fraction of sp³-hybridized carbons (Fsp3) is 0.370. The predicted molar refractivity (Wildman–Crippen MR) is 126 cm³/mol. The minimum Gasteiger partial charge on any atom is -0.507 e. The first-order valence-electron chi connectivity index (χ1n) is 10.9. The summed E-state index contributed by atoms with van der Waals surface area (Å²) in [5, 5.41) is 11.0. The third-order valence-electron chi connectivity index (χ3n) is 5.79. The van der Waals surface area contributed by atoms with Crippen molar-refractivity contribution in [3.63, 3.8) is 0 Å². The van der Waals surface area contributed by atoms with Gasteiger partial charge in [-0.05, 0) is 63.6 Å². The molecule has 3 rings (SSSR count). The SMILES string of the molecule is COc1cc2c(c(O)c1C/C=C(\C)CCC=C(C)C)C(=O)N(CCc1ccccc1)C2. The van der Waals surface area contributed by atoms with Crippen LogP contribution in [0.2, 0.25) is 0 Å². The number of hydrogen-bond donors (Lipinski definition) is 1. The molecular formula is C27H33NO3. The van der Waals surface area contributed by atoms with Crippen molar-refractivity contribution in [2.75, 3.05) is 13.7 Å². The molecule has 164 valence electrons. The standard InChI is InChI=1S/C27H33NO3/c1-19(2)9-8-10-20(3)13-14-23-24(31-4)17-22-18-28(27(30)25(22)26(23)29)16-15-21-11-6-5-7-12-21/h5-7,9,11-13,17,29H,8,10,14-16,18H2,1-4H3/b20-13+. The number of nitrogens with zero attached hydrogens (tertiary/aromatic N) is 1. The van der Waals surface area contributed by atoms with E-state index in [1.165, 1.54) is 16.7 Å². The van der Waals surface area contributed by atoms with Crippen LogP contribution in [0.25, 0.3) is 0 Å². The quantitative estimate of drug-likeness (QED) is 0.520. The summed E-state index contributed by atoms with van der Waals surface area (Å²) in [5.41, 5.74) is 5.72. The van der Waals surface area contributed by atoms with Crippen molar-refractivity contribution >= 4 is 5.91 Å². The molecule has 0 radical (unpaired) electrons. The first-order valence-corrected chi connectivity index (χ1v) is 10.9. The molecule has 1 aliphatic heterocycles. The number of allylic oxidation sites excluding steroid dienone is 4. The number of rotatable bonds is 9. The smallest absolute Gasteiger partial charge is 0.258 e. The number of aromatic hydroxyl groups is 1. The normalized spacial score (nSPS) is 13.4. The van der Waals surface area contributed by atoms with Crippen LogP contribution in [0.5, 0.6) is 11.5 Å². The molecule has 0 atom stereocenters. The Labute approximate surface area is 185 Å². The third kappa shape index (κ3) is 5.57. The Kier molecular flexibility index (Phi) is 7.56. The van der Waals surface area contributed by atoms with E-state index in [2.05, 4.69) is 45.1 Å². The van der Waals surface area contributed by atoms with Gasteiger partial charge >= 0.3 is 0 Å². The molecule has 31 heavy (non-hydrogen) atoms. The van der Waals surface area contributed by atoms with Crippen molar-refractivity contribution in [2.24, 2.45) is 0 Å². The van der Waals surface area contributed by atoms with Gasteiger partial charge in [-0.2, -0.15) is 0 Å². The van der Waals surface area contributed by atoms with Crippen LogP contribution in [0.4, 0.5) is 0 Å². The second-order valence-electron chi connectivity index (χ2n) is 8.48. The highest BCUT2D eigenvalue weighted by Gasteiger charge is 2.32. The number of carbonyl (C=O) groups is 1. The molecular weight excluding hydrogens is 386 g/mol. The number of fused-ring (bicyclic) bond motifs is 1. The van der Waals surface area contributed by atoms with E-state index in [9.17, 15) is 9.90 Å². The summed E-state index contributed by atoms with van der Waals surface area (Å²) >= 11 is 0. The molecule has 0 aromatic heterocycles. The molecule has 1 heterocycles. The van der Waals surface area contributed by atoms with Gasteiger partial charge in [0, 0.05) is 18.7 Å². The largest absolute Gasteiger partial charge is 0.507 e. The van der Waals surface area contributed by atoms with E-state index < -0.39 is 0 Å². The van der Waals surface area contributed by atoms with Crippen LogP contribution in [0.1, 0.15) is 60.7 Å². The monoisotopic (exact) mass is 419 g/mol. The molecule has 2 aromatic rings. The van der Waals surface area contributed by atoms with E-state index in [-0.39, 0.29) is 11.7 Å². The Balaban J connectivity index is 1.75. The van der Waals surface area contributed by atoms with Gasteiger partial charge in [-0.15, -0.1) is 0 Å². The van der Waals surface area contributed by atoms with Crippen molar-refractivity contribution in [1.82, 2.24) is 4.90 Å². The lowest BCUT2D eigenvalue weighted by atomic mass is 9.99. The lowest BCUT2D eigenvalue weighted by Crippen LogP contribution is -2.26. The summed E-state index contributed by atoms with van der Waals surface area (Å²) in [6.45, 7) is 7.44. The number of phenolic OH excluding ortho intramolecular Hbond substituents is 1. The molecule has 0 unspecified atom stereocenters. The second kappa shape index (κ2) is 10.3. The maximum absolute atomic E-state index is 13.0. The van der Waals surface area contributed by atoms with Crippen molar-refractivity contribution in [3.8, 4) is 11.5 Å². The predicted octanol–water partition coefficient (Wildman–Crippen LogP) is 5.83. The van der Waals surface area contributed by atoms with Crippen molar-refractivity contribution < 1.29 is 14.6 Å². The van der Waals surface area contributed by atoms with Crippen LogP contribution in [-0.2, 0) is 19.4 Å². The Bertz CT molecular complexity index is 985. The lowest BCUT2D eigenvalue weighted by molar-refractivity contribution is 0.0778. The molecule has 1 N–H and O–H groups in total. The van der Waals surface area contributed by atoms with Crippen LogP contribution in [0.15, 0.2) is 59.7 Å². The van der Waals surface area contributed by atoms with Gasteiger partial charge < -0.3 is 14.7 Å². The first-order chi connectivity index (χ1) is 14.9. The maximum Gasteiger partial charge on any atom is 0.258 e. The Morgan fingerprint density at radius 1 is 1.16 bits per heavy atom. The summed E-state index contributed by atoms with van der Waals surface area (Å²) in [4.78, 5) is 14.8. The molecule has 0 saturated carbocycles. The number of methoxy groups -OCH3 is 1. The summed E-state index contributed by atoms with van der Waals surface area (Å²) in [5.74, 6) is 0.605. The molecule has 0 aliphatic carbocycles. The fourth-order valence-corrected chi connectivity index (χ4v) is 3.97. The summed E-state index contributed by atoms with van der Waals surface area (Å²) in [6.07, 6.45) is 7.67. The van der Waals surface area contributed by atoms with Gasteiger partial charge in [0.1, 0.15) is 11.5 Å². The van der Waals surface area contributed by atoms with Gasteiger partial charge in [-0.1, -0.05) is 53.6 Å². The number of hydrogen-bond acceptors (Lipinski definition) is 3. The van der Waals surface area contributed by atoms with Crippen molar-refractivity contribution in [3.05, 3.63) is 82.0 Å². The average molecular weight is 420 g/mol. The highest BCUT2D eigenvalue weighted by Crippen LogP contribution is 2.39. The highest BCUT2D eigenvalue weighted by atomic mass is 16.5. The maximum atomic E-state index is 13.0. The van der Waals surface area contributed by atoms with Crippen LogP contribution < -0.4 is 4.74 Å². The molecule has 1 amide bonds. The fourth-order valence-electron chi connectivity index (χ4n) is 3.97. The van der Waals surface area contributed by atoms with Crippen molar-refractivity contribution in [1.29, 1.82) is 0 Å². The number of ether oxygens (including phenoxy) is 1. The van der Waals surface area contributed by atoms with E-state index in [1.807, 2.05) is 24.3 Å². The lowest BCUT2D eigenvalue weighted by Gasteiger charge is -2.15. The molecule has 4 heteroatoms. The van der Waals surface area contributed by atoms with Gasteiger partial charge in [0.15, 0.2) is 0 Å². The summed E-state index contributed by atoms with van der Waals surface area (Å²) in [6, 6.07) is 12.1. The zero-order valence-electron chi connectivity index (χ0n) is 19.1. The zero-order valence-corrected chi connectivity index (χ0v) is 19.1. The van der Waals surface area contributed by atoms with E-state index >= 15 is 0 Å². The van der Waals surface area contributed by atoms with Gasteiger partial charge in [0.2, 0.25) is 0 Å². The summed E-state index contributed by atoms with van der Waals surface area (Å²) < 4.78 is 5.57. The molecule has 0 spiro atoms. The van der Waals surface area contributed by atoms with Crippen LogP contribution in [0.3, 0.4) is 0 Å². The van der Waals surface area contributed by atoms with Crippen molar-refractivity contribution in [2.45, 2.75) is 53.0 Å². The first kappa shape index (κ1) is 22.7. The number of amides is 1. The van der Waals surface area contributed by atoms with Crippen LogP contribution >= 0.6 is 0 Å². The minimum absolute atomic E-state index is 0.0647.